The SMILES string of the molecule is O=C(Nc1ccc([N+](=O)[O-])cc1Cl)C1NCC2CCCC21. The van der Waals surface area contributed by atoms with Crippen molar-refractivity contribution in [1.29, 1.82) is 0 Å². The average molecular weight is 310 g/mol. The summed E-state index contributed by atoms with van der Waals surface area (Å²) in [6, 6.07) is 3.86. The van der Waals surface area contributed by atoms with Gasteiger partial charge in [-0.1, -0.05) is 18.0 Å². The normalized spacial score (nSPS) is 27.4. The van der Waals surface area contributed by atoms with Crippen LogP contribution in [0.25, 0.3) is 0 Å². The second kappa shape index (κ2) is 5.61. The number of carbonyl (C=O) groups is 1. The molecule has 1 aromatic carbocycles. The summed E-state index contributed by atoms with van der Waals surface area (Å²) >= 11 is 6.00. The van der Waals surface area contributed by atoms with E-state index in [-0.39, 0.29) is 22.7 Å². The molecule has 3 atom stereocenters. The van der Waals surface area contributed by atoms with Gasteiger partial charge < -0.3 is 10.6 Å². The Morgan fingerprint density at radius 3 is 2.95 bits per heavy atom. The Morgan fingerprint density at radius 1 is 1.43 bits per heavy atom. The van der Waals surface area contributed by atoms with E-state index in [1.54, 1.807) is 0 Å². The minimum atomic E-state index is -0.515. The summed E-state index contributed by atoms with van der Waals surface area (Å²) in [7, 11) is 0. The smallest absolute Gasteiger partial charge is 0.271 e. The van der Waals surface area contributed by atoms with Crippen LogP contribution in [0.4, 0.5) is 11.4 Å². The van der Waals surface area contributed by atoms with Crippen LogP contribution < -0.4 is 10.6 Å². The molecular weight excluding hydrogens is 294 g/mol. The number of fused-ring (bicyclic) bond motifs is 1. The number of nitrogens with one attached hydrogen (secondary N) is 2. The van der Waals surface area contributed by atoms with E-state index in [9.17, 15) is 14.9 Å². The monoisotopic (exact) mass is 309 g/mol. The van der Waals surface area contributed by atoms with Crippen LogP contribution >= 0.6 is 11.6 Å². The lowest BCUT2D eigenvalue weighted by molar-refractivity contribution is -0.384. The number of hydrogen-bond donors (Lipinski definition) is 2. The number of anilines is 1. The molecule has 112 valence electrons. The van der Waals surface area contributed by atoms with Gasteiger partial charge in [0, 0.05) is 12.1 Å². The molecule has 6 nitrogen and oxygen atoms in total. The van der Waals surface area contributed by atoms with E-state index in [2.05, 4.69) is 10.6 Å². The highest BCUT2D eigenvalue weighted by atomic mass is 35.5. The molecule has 0 radical (unpaired) electrons. The maximum Gasteiger partial charge on any atom is 0.271 e. The molecule has 1 saturated heterocycles. The zero-order valence-electron chi connectivity index (χ0n) is 11.3. The second-order valence-corrected chi connectivity index (χ2v) is 6.06. The quantitative estimate of drug-likeness (QED) is 0.664. The third-order valence-electron chi connectivity index (χ3n) is 4.45. The summed E-state index contributed by atoms with van der Waals surface area (Å²) in [6.45, 7) is 0.886. The van der Waals surface area contributed by atoms with Gasteiger partial charge in [-0.05, 0) is 37.3 Å². The van der Waals surface area contributed by atoms with E-state index in [4.69, 9.17) is 11.6 Å². The highest BCUT2D eigenvalue weighted by molar-refractivity contribution is 6.34. The molecule has 2 aliphatic rings. The van der Waals surface area contributed by atoms with Crippen molar-refractivity contribution in [3.8, 4) is 0 Å². The molecule has 3 unspecified atom stereocenters. The van der Waals surface area contributed by atoms with Crippen LogP contribution in [0.2, 0.25) is 5.02 Å². The van der Waals surface area contributed by atoms with Gasteiger partial charge in [0.25, 0.3) is 5.69 Å². The summed E-state index contributed by atoms with van der Waals surface area (Å²) in [5.41, 5.74) is 0.323. The predicted octanol–water partition coefficient (Wildman–Crippen LogP) is 2.57. The molecule has 3 rings (SSSR count). The average Bonchev–Trinajstić information content (AvgIpc) is 3.03. The van der Waals surface area contributed by atoms with Crippen molar-refractivity contribution in [1.82, 2.24) is 5.32 Å². The van der Waals surface area contributed by atoms with Gasteiger partial charge in [-0.15, -0.1) is 0 Å². The maximum atomic E-state index is 12.4. The molecule has 0 aromatic heterocycles. The minimum Gasteiger partial charge on any atom is -0.323 e. The topological polar surface area (TPSA) is 84.3 Å². The number of amides is 1. The fraction of sp³-hybridized carbons (Fsp3) is 0.500. The van der Waals surface area contributed by atoms with Crippen molar-refractivity contribution >= 4 is 28.9 Å². The summed E-state index contributed by atoms with van der Waals surface area (Å²) in [4.78, 5) is 22.5. The lowest BCUT2D eigenvalue weighted by Gasteiger charge is -2.18. The Kier molecular flexibility index (Phi) is 3.82. The molecule has 0 spiro atoms. The van der Waals surface area contributed by atoms with Crippen LogP contribution in [-0.2, 0) is 4.79 Å². The molecule has 1 aliphatic heterocycles. The van der Waals surface area contributed by atoms with E-state index < -0.39 is 4.92 Å². The Morgan fingerprint density at radius 2 is 2.24 bits per heavy atom. The largest absolute Gasteiger partial charge is 0.323 e. The van der Waals surface area contributed by atoms with E-state index in [1.165, 1.54) is 31.0 Å². The van der Waals surface area contributed by atoms with Crippen LogP contribution in [0.15, 0.2) is 18.2 Å². The number of carbonyl (C=O) groups excluding carboxylic acids is 1. The Balaban J connectivity index is 1.71. The third kappa shape index (κ3) is 2.73. The first-order chi connectivity index (χ1) is 10.1. The first-order valence-electron chi connectivity index (χ1n) is 7.04. The van der Waals surface area contributed by atoms with Crippen LogP contribution in [-0.4, -0.2) is 23.4 Å². The molecule has 1 heterocycles. The third-order valence-corrected chi connectivity index (χ3v) is 4.76. The van der Waals surface area contributed by atoms with E-state index in [0.717, 1.165) is 13.0 Å². The van der Waals surface area contributed by atoms with Gasteiger partial charge in [0.15, 0.2) is 0 Å². The Bertz CT molecular complexity index is 593. The maximum absolute atomic E-state index is 12.4. The van der Waals surface area contributed by atoms with Gasteiger partial charge in [-0.25, -0.2) is 0 Å². The number of hydrogen-bond acceptors (Lipinski definition) is 4. The Labute approximate surface area is 127 Å². The Hall–Kier alpha value is -1.66. The van der Waals surface area contributed by atoms with Gasteiger partial charge in [-0.3, -0.25) is 14.9 Å². The molecule has 1 saturated carbocycles. The number of rotatable bonds is 3. The number of nitro benzene ring substituents is 1. The van der Waals surface area contributed by atoms with E-state index in [1.807, 2.05) is 0 Å². The van der Waals surface area contributed by atoms with E-state index >= 15 is 0 Å². The first kappa shape index (κ1) is 14.3. The summed E-state index contributed by atoms with van der Waals surface area (Å²) in [6.07, 6.45) is 3.43. The molecule has 0 bridgehead atoms. The predicted molar refractivity (Wildman–Crippen MR) is 79.4 cm³/mol. The molecule has 2 fully saturated rings. The fourth-order valence-electron chi connectivity index (χ4n) is 3.40. The molecule has 1 aliphatic carbocycles. The van der Waals surface area contributed by atoms with E-state index in [0.29, 0.717) is 17.5 Å². The molecule has 1 aromatic rings. The zero-order chi connectivity index (χ0) is 15.0. The van der Waals surface area contributed by atoms with Crippen LogP contribution in [0.3, 0.4) is 0 Å². The summed E-state index contributed by atoms with van der Waals surface area (Å²) in [5.74, 6) is 0.870. The van der Waals surface area contributed by atoms with Crippen LogP contribution in [0, 0.1) is 22.0 Å². The lowest BCUT2D eigenvalue weighted by Crippen LogP contribution is -2.39. The summed E-state index contributed by atoms with van der Waals surface area (Å²) in [5, 5.41) is 16.9. The molecule has 2 N–H and O–H groups in total. The number of halogens is 1. The number of nitro groups is 1. The van der Waals surface area contributed by atoms with Crippen molar-refractivity contribution in [2.45, 2.75) is 25.3 Å². The number of nitrogens with zero attached hydrogens (tertiary/aromatic N) is 1. The molecule has 1 amide bonds. The number of benzene rings is 1. The standard InChI is InChI=1S/C14H16ClN3O3/c15-11-6-9(18(20)21)4-5-12(11)17-14(19)13-10-3-1-2-8(10)7-16-13/h4-6,8,10,13,16H,1-3,7H2,(H,17,19). The minimum absolute atomic E-state index is 0.0900. The van der Waals surface area contributed by atoms with Crippen molar-refractivity contribution in [3.63, 3.8) is 0 Å². The van der Waals surface area contributed by atoms with Crippen LogP contribution in [0.1, 0.15) is 19.3 Å². The molecular formula is C14H16ClN3O3. The van der Waals surface area contributed by atoms with Crippen molar-refractivity contribution in [3.05, 3.63) is 33.3 Å². The van der Waals surface area contributed by atoms with Gasteiger partial charge in [0.2, 0.25) is 5.91 Å². The number of non-ortho nitro benzene ring substituents is 1. The van der Waals surface area contributed by atoms with Gasteiger partial charge in [0.05, 0.1) is 21.7 Å². The van der Waals surface area contributed by atoms with Gasteiger partial charge in [0.1, 0.15) is 0 Å². The molecule has 21 heavy (non-hydrogen) atoms. The van der Waals surface area contributed by atoms with Crippen molar-refractivity contribution in [2.24, 2.45) is 11.8 Å². The van der Waals surface area contributed by atoms with Gasteiger partial charge >= 0.3 is 0 Å². The van der Waals surface area contributed by atoms with Crippen molar-refractivity contribution < 1.29 is 9.72 Å². The first-order valence-corrected chi connectivity index (χ1v) is 7.42. The van der Waals surface area contributed by atoms with Crippen molar-refractivity contribution in [2.75, 3.05) is 11.9 Å². The van der Waals surface area contributed by atoms with Gasteiger partial charge in [-0.2, -0.15) is 0 Å². The summed E-state index contributed by atoms with van der Waals surface area (Å²) < 4.78 is 0. The lowest BCUT2D eigenvalue weighted by atomic mass is 9.93. The van der Waals surface area contributed by atoms with Crippen LogP contribution in [0.5, 0.6) is 0 Å². The zero-order valence-corrected chi connectivity index (χ0v) is 12.1. The highest BCUT2D eigenvalue weighted by Gasteiger charge is 2.42. The second-order valence-electron chi connectivity index (χ2n) is 5.65. The fourth-order valence-corrected chi connectivity index (χ4v) is 3.63. The highest BCUT2D eigenvalue weighted by Crippen LogP contribution is 2.38. The molecule has 7 heteroatoms.